The van der Waals surface area contributed by atoms with E-state index in [1.54, 1.807) is 0 Å². The minimum absolute atomic E-state index is 0.238. The van der Waals surface area contributed by atoms with Gasteiger partial charge >= 0.3 is 5.97 Å². The van der Waals surface area contributed by atoms with Gasteiger partial charge in [-0.3, -0.25) is 25.0 Å². The first kappa shape index (κ1) is 17.5. The van der Waals surface area contributed by atoms with Crippen molar-refractivity contribution < 1.29 is 24.2 Å². The molecule has 0 spiro atoms. The normalized spacial score (nSPS) is 9.96. The molecule has 0 aliphatic carbocycles. The molecule has 0 aliphatic heterocycles. The van der Waals surface area contributed by atoms with Crippen molar-refractivity contribution in [3.05, 3.63) is 73.8 Å². The van der Waals surface area contributed by atoms with Gasteiger partial charge in [0.15, 0.2) is 0 Å². The summed E-state index contributed by atoms with van der Waals surface area (Å²) < 4.78 is 4.54. The molecule has 2 aromatic carbocycles. The number of methoxy groups -OCH3 is 1. The molecule has 0 aliphatic rings. The molecule has 10 nitrogen and oxygen atoms in total. The van der Waals surface area contributed by atoms with E-state index >= 15 is 0 Å². The number of esters is 1. The number of hydrogen-bond acceptors (Lipinski definition) is 7. The van der Waals surface area contributed by atoms with Gasteiger partial charge in [-0.1, -0.05) is 0 Å². The van der Waals surface area contributed by atoms with E-state index in [4.69, 9.17) is 0 Å². The van der Waals surface area contributed by atoms with Crippen molar-refractivity contribution in [3.8, 4) is 0 Å². The Morgan fingerprint density at radius 3 is 1.88 bits per heavy atom. The van der Waals surface area contributed by atoms with Crippen molar-refractivity contribution in [3.63, 3.8) is 0 Å². The van der Waals surface area contributed by atoms with Gasteiger partial charge in [-0.25, -0.2) is 4.79 Å². The third-order valence-corrected chi connectivity index (χ3v) is 3.15. The highest BCUT2D eigenvalue weighted by Crippen LogP contribution is 2.23. The second kappa shape index (κ2) is 7.17. The third kappa shape index (κ3) is 4.13. The van der Waals surface area contributed by atoms with E-state index in [9.17, 15) is 29.8 Å². The number of nitrogens with one attached hydrogen (secondary N) is 1. The topological polar surface area (TPSA) is 142 Å². The third-order valence-electron chi connectivity index (χ3n) is 3.15. The van der Waals surface area contributed by atoms with Gasteiger partial charge in [0.1, 0.15) is 0 Å². The molecule has 0 unspecified atom stereocenters. The van der Waals surface area contributed by atoms with Crippen LogP contribution in [0, 0.1) is 20.2 Å². The standard InChI is InChI=1S/C15H11N3O7/c1-25-15(20)9-2-4-11(5-3-9)16-14(19)10-6-12(17(21)22)8-13(7-10)18(23)24/h2-8H,1H3,(H,16,19). The van der Waals surface area contributed by atoms with Gasteiger partial charge < -0.3 is 10.1 Å². The lowest BCUT2D eigenvalue weighted by atomic mass is 10.1. The summed E-state index contributed by atoms with van der Waals surface area (Å²) in [6, 6.07) is 8.32. The molecule has 0 saturated carbocycles. The number of rotatable bonds is 5. The molecule has 10 heteroatoms. The highest BCUT2D eigenvalue weighted by atomic mass is 16.6. The van der Waals surface area contributed by atoms with E-state index < -0.39 is 33.1 Å². The quantitative estimate of drug-likeness (QED) is 0.498. The van der Waals surface area contributed by atoms with Crippen LogP contribution in [0.3, 0.4) is 0 Å². The molecule has 1 amide bonds. The van der Waals surface area contributed by atoms with Crippen LogP contribution in [-0.2, 0) is 4.74 Å². The number of ether oxygens (including phenoxy) is 1. The summed E-state index contributed by atoms with van der Waals surface area (Å²) in [6.07, 6.45) is 0. The minimum atomic E-state index is -0.824. The summed E-state index contributed by atoms with van der Waals surface area (Å²) >= 11 is 0. The molecule has 0 radical (unpaired) electrons. The van der Waals surface area contributed by atoms with Gasteiger partial charge in [0.2, 0.25) is 0 Å². The number of nitro groups is 2. The number of nitro benzene ring substituents is 2. The average molecular weight is 345 g/mol. The molecule has 2 rings (SSSR count). The van der Waals surface area contributed by atoms with Crippen molar-refractivity contribution >= 4 is 28.9 Å². The van der Waals surface area contributed by atoms with E-state index in [1.165, 1.54) is 31.4 Å². The molecule has 0 heterocycles. The van der Waals surface area contributed by atoms with Gasteiger partial charge in [0.05, 0.1) is 34.1 Å². The molecule has 25 heavy (non-hydrogen) atoms. The van der Waals surface area contributed by atoms with E-state index in [0.717, 1.165) is 18.2 Å². The number of nitrogens with zero attached hydrogens (tertiary/aromatic N) is 2. The number of non-ortho nitro benzene ring substituents is 2. The van der Waals surface area contributed by atoms with Gasteiger partial charge in [-0.05, 0) is 24.3 Å². The first-order valence-electron chi connectivity index (χ1n) is 6.75. The summed E-state index contributed by atoms with van der Waals surface area (Å²) in [7, 11) is 1.23. The Hall–Kier alpha value is -3.82. The number of hydrogen-bond donors (Lipinski definition) is 1. The Morgan fingerprint density at radius 1 is 0.920 bits per heavy atom. The molecule has 0 aromatic heterocycles. The van der Waals surface area contributed by atoms with Crippen molar-refractivity contribution in [2.75, 3.05) is 12.4 Å². The number of benzene rings is 2. The van der Waals surface area contributed by atoms with Crippen LogP contribution in [0.15, 0.2) is 42.5 Å². The number of carbonyl (C=O) groups is 2. The maximum absolute atomic E-state index is 12.2. The van der Waals surface area contributed by atoms with Crippen LogP contribution in [0.1, 0.15) is 20.7 Å². The first-order valence-corrected chi connectivity index (χ1v) is 6.75. The van der Waals surface area contributed by atoms with Crippen molar-refractivity contribution in [2.24, 2.45) is 0 Å². The lowest BCUT2D eigenvalue weighted by Gasteiger charge is -2.06. The van der Waals surface area contributed by atoms with Crippen LogP contribution in [0.2, 0.25) is 0 Å². The fourth-order valence-corrected chi connectivity index (χ4v) is 1.95. The first-order chi connectivity index (χ1) is 11.8. The van der Waals surface area contributed by atoms with E-state index in [0.29, 0.717) is 5.69 Å². The Kier molecular flexibility index (Phi) is 5.03. The second-order valence-electron chi connectivity index (χ2n) is 4.78. The number of amides is 1. The molecule has 0 fully saturated rings. The summed E-state index contributed by atoms with van der Waals surface area (Å²) in [6.45, 7) is 0. The smallest absolute Gasteiger partial charge is 0.337 e. The maximum atomic E-state index is 12.2. The predicted octanol–water partition coefficient (Wildman–Crippen LogP) is 2.54. The molecular weight excluding hydrogens is 334 g/mol. The van der Waals surface area contributed by atoms with Crippen molar-refractivity contribution in [2.45, 2.75) is 0 Å². The van der Waals surface area contributed by atoms with E-state index in [-0.39, 0.29) is 11.1 Å². The second-order valence-corrected chi connectivity index (χ2v) is 4.78. The fraction of sp³-hybridized carbons (Fsp3) is 0.0667. The Bertz CT molecular complexity index is 830. The Morgan fingerprint density at radius 2 is 1.44 bits per heavy atom. The highest BCUT2D eigenvalue weighted by molar-refractivity contribution is 6.05. The van der Waals surface area contributed by atoms with Gasteiger partial charge in [0, 0.05) is 17.8 Å². The minimum Gasteiger partial charge on any atom is -0.465 e. The summed E-state index contributed by atoms with van der Waals surface area (Å²) in [5.74, 6) is -1.31. The van der Waals surface area contributed by atoms with E-state index in [1.807, 2.05) is 0 Å². The zero-order valence-corrected chi connectivity index (χ0v) is 12.8. The predicted molar refractivity (Wildman–Crippen MR) is 85.5 cm³/mol. The molecular formula is C15H11N3O7. The zero-order chi connectivity index (χ0) is 18.6. The maximum Gasteiger partial charge on any atom is 0.337 e. The molecule has 2 aromatic rings. The van der Waals surface area contributed by atoms with Crippen molar-refractivity contribution in [1.29, 1.82) is 0 Å². The Labute approximate surface area is 140 Å². The van der Waals surface area contributed by atoms with Crippen molar-refractivity contribution in [1.82, 2.24) is 0 Å². The average Bonchev–Trinajstić information content (AvgIpc) is 2.61. The van der Waals surface area contributed by atoms with Gasteiger partial charge in [-0.15, -0.1) is 0 Å². The van der Waals surface area contributed by atoms with Crippen LogP contribution in [-0.4, -0.2) is 28.8 Å². The van der Waals surface area contributed by atoms with Crippen LogP contribution in [0.5, 0.6) is 0 Å². The number of anilines is 1. The highest BCUT2D eigenvalue weighted by Gasteiger charge is 2.20. The Balaban J connectivity index is 2.27. The van der Waals surface area contributed by atoms with Crippen LogP contribution >= 0.6 is 0 Å². The zero-order valence-electron chi connectivity index (χ0n) is 12.8. The summed E-state index contributed by atoms with van der Waals surface area (Å²) in [5, 5.41) is 24.1. The number of carbonyl (C=O) groups excluding carboxylic acids is 2. The molecule has 128 valence electrons. The van der Waals surface area contributed by atoms with Crippen LogP contribution < -0.4 is 5.32 Å². The molecule has 0 atom stereocenters. The van der Waals surface area contributed by atoms with E-state index in [2.05, 4.69) is 10.1 Å². The van der Waals surface area contributed by atoms with Crippen LogP contribution in [0.25, 0.3) is 0 Å². The SMILES string of the molecule is COC(=O)c1ccc(NC(=O)c2cc([N+](=O)[O-])cc([N+](=O)[O-])c2)cc1. The van der Waals surface area contributed by atoms with Gasteiger partial charge in [0.25, 0.3) is 17.3 Å². The van der Waals surface area contributed by atoms with Crippen LogP contribution in [0.4, 0.5) is 17.1 Å². The lowest BCUT2D eigenvalue weighted by Crippen LogP contribution is -2.13. The van der Waals surface area contributed by atoms with Gasteiger partial charge in [-0.2, -0.15) is 0 Å². The summed E-state index contributed by atoms with van der Waals surface area (Å²) in [4.78, 5) is 43.6. The monoisotopic (exact) mass is 345 g/mol. The molecule has 0 bridgehead atoms. The largest absolute Gasteiger partial charge is 0.465 e. The lowest BCUT2D eigenvalue weighted by molar-refractivity contribution is -0.394. The summed E-state index contributed by atoms with van der Waals surface area (Å²) in [5.41, 5.74) is -0.808. The molecule has 0 saturated heterocycles. The molecule has 1 N–H and O–H groups in total. The fourth-order valence-electron chi connectivity index (χ4n) is 1.95.